The van der Waals surface area contributed by atoms with E-state index in [0.29, 0.717) is 11.4 Å². The Morgan fingerprint density at radius 3 is 2.58 bits per heavy atom. The molecule has 3 aromatic rings. The van der Waals surface area contributed by atoms with Crippen molar-refractivity contribution >= 4 is 11.6 Å². The van der Waals surface area contributed by atoms with Crippen LogP contribution in [-0.4, -0.2) is 34.9 Å². The number of carbonyl (C=O) groups is 1. The lowest BCUT2D eigenvalue weighted by molar-refractivity contribution is -0.137. The standard InChI is InChI=1S/C22H21F3N4O2/c1-29-19(9-11-27-29)18-12-16(6-7-20(18)31-17-8-10-26-13-17)28-21(30)14-2-4-15(5-3-14)22(23,24)25/h2-7,9,11-12,17,26H,8,10,13H2,1H3,(H,28,30)/t17-/m1/s1. The number of nitrogens with one attached hydrogen (secondary N) is 2. The monoisotopic (exact) mass is 430 g/mol. The number of hydrogen-bond acceptors (Lipinski definition) is 4. The molecular weight excluding hydrogens is 409 g/mol. The van der Waals surface area contributed by atoms with Gasteiger partial charge in [0.05, 0.1) is 11.3 Å². The predicted octanol–water partition coefficient (Wildman–Crippen LogP) is 4.10. The smallest absolute Gasteiger partial charge is 0.416 e. The Hall–Kier alpha value is -3.33. The molecule has 1 aliphatic heterocycles. The summed E-state index contributed by atoms with van der Waals surface area (Å²) in [5, 5.41) is 10.2. The van der Waals surface area contributed by atoms with Crippen molar-refractivity contribution in [3.8, 4) is 17.0 Å². The van der Waals surface area contributed by atoms with Crippen molar-refractivity contribution in [2.24, 2.45) is 7.05 Å². The van der Waals surface area contributed by atoms with Crippen molar-refractivity contribution in [1.82, 2.24) is 15.1 Å². The van der Waals surface area contributed by atoms with Crippen LogP contribution in [0.4, 0.5) is 18.9 Å². The molecule has 162 valence electrons. The molecule has 1 fully saturated rings. The summed E-state index contributed by atoms with van der Waals surface area (Å²) in [5.74, 6) is 0.170. The average molecular weight is 430 g/mol. The molecule has 0 radical (unpaired) electrons. The van der Waals surface area contributed by atoms with Crippen molar-refractivity contribution < 1.29 is 22.7 Å². The van der Waals surface area contributed by atoms with Crippen LogP contribution in [-0.2, 0) is 13.2 Å². The fraction of sp³-hybridized carbons (Fsp3) is 0.273. The summed E-state index contributed by atoms with van der Waals surface area (Å²) < 4.78 is 46.1. The Balaban J connectivity index is 1.58. The summed E-state index contributed by atoms with van der Waals surface area (Å²) in [6.45, 7) is 1.66. The Bertz CT molecular complexity index is 1070. The van der Waals surface area contributed by atoms with Gasteiger partial charge in [-0.15, -0.1) is 0 Å². The first-order valence-corrected chi connectivity index (χ1v) is 9.79. The SMILES string of the molecule is Cn1nccc1-c1cc(NC(=O)c2ccc(C(F)(F)F)cc2)ccc1O[C@@H]1CCNC1. The number of hydrogen-bond donors (Lipinski definition) is 2. The van der Waals surface area contributed by atoms with Gasteiger partial charge in [0.2, 0.25) is 0 Å². The van der Waals surface area contributed by atoms with Crippen molar-refractivity contribution in [3.63, 3.8) is 0 Å². The van der Waals surface area contributed by atoms with Crippen LogP contribution in [0.1, 0.15) is 22.3 Å². The average Bonchev–Trinajstić information content (AvgIpc) is 3.40. The fourth-order valence-corrected chi connectivity index (χ4v) is 3.47. The van der Waals surface area contributed by atoms with Crippen molar-refractivity contribution in [2.45, 2.75) is 18.7 Å². The van der Waals surface area contributed by atoms with Gasteiger partial charge in [0.25, 0.3) is 5.91 Å². The second kappa shape index (κ2) is 8.43. The third-order valence-electron chi connectivity index (χ3n) is 5.12. The van der Waals surface area contributed by atoms with Gasteiger partial charge in [-0.1, -0.05) is 0 Å². The van der Waals surface area contributed by atoms with E-state index in [1.807, 2.05) is 13.1 Å². The molecular formula is C22H21F3N4O2. The highest BCUT2D eigenvalue weighted by Gasteiger charge is 2.30. The number of aromatic nitrogens is 2. The molecule has 0 spiro atoms. The van der Waals surface area contributed by atoms with E-state index in [-0.39, 0.29) is 11.7 Å². The summed E-state index contributed by atoms with van der Waals surface area (Å²) in [6.07, 6.45) is -1.82. The van der Waals surface area contributed by atoms with E-state index in [2.05, 4.69) is 15.7 Å². The minimum Gasteiger partial charge on any atom is -0.488 e. The lowest BCUT2D eigenvalue weighted by atomic mass is 10.1. The third-order valence-corrected chi connectivity index (χ3v) is 5.12. The Morgan fingerprint density at radius 1 is 1.19 bits per heavy atom. The second-order valence-electron chi connectivity index (χ2n) is 7.31. The summed E-state index contributed by atoms with van der Waals surface area (Å²) in [6, 6.07) is 11.2. The van der Waals surface area contributed by atoms with Crippen LogP contribution < -0.4 is 15.4 Å². The highest BCUT2D eigenvalue weighted by Crippen LogP contribution is 2.34. The summed E-state index contributed by atoms with van der Waals surface area (Å²) in [4.78, 5) is 12.6. The quantitative estimate of drug-likeness (QED) is 0.640. The van der Waals surface area contributed by atoms with Crippen LogP contribution in [0.15, 0.2) is 54.7 Å². The highest BCUT2D eigenvalue weighted by atomic mass is 19.4. The lowest BCUT2D eigenvalue weighted by Crippen LogP contribution is -2.20. The van der Waals surface area contributed by atoms with Gasteiger partial charge in [-0.2, -0.15) is 18.3 Å². The zero-order chi connectivity index (χ0) is 22.0. The number of nitrogens with zero attached hydrogens (tertiary/aromatic N) is 2. The van der Waals surface area contributed by atoms with Gasteiger partial charge in [0.1, 0.15) is 11.9 Å². The zero-order valence-corrected chi connectivity index (χ0v) is 16.7. The number of carbonyl (C=O) groups excluding carboxylic acids is 1. The summed E-state index contributed by atoms with van der Waals surface area (Å²) in [7, 11) is 1.81. The first-order chi connectivity index (χ1) is 14.8. The van der Waals surface area contributed by atoms with Crippen LogP contribution in [0.5, 0.6) is 5.75 Å². The van der Waals surface area contributed by atoms with E-state index in [1.54, 1.807) is 29.1 Å². The fourth-order valence-electron chi connectivity index (χ4n) is 3.47. The molecule has 6 nitrogen and oxygen atoms in total. The first kappa shape index (κ1) is 20.9. The minimum atomic E-state index is -4.45. The zero-order valence-electron chi connectivity index (χ0n) is 16.7. The van der Waals surface area contributed by atoms with Gasteiger partial charge < -0.3 is 15.4 Å². The molecule has 1 amide bonds. The molecule has 0 bridgehead atoms. The van der Waals surface area contributed by atoms with E-state index < -0.39 is 17.6 Å². The minimum absolute atomic E-state index is 0.0552. The molecule has 0 saturated carbocycles. The molecule has 31 heavy (non-hydrogen) atoms. The van der Waals surface area contributed by atoms with Crippen molar-refractivity contribution in [3.05, 3.63) is 65.9 Å². The number of aryl methyl sites for hydroxylation is 1. The predicted molar refractivity (Wildman–Crippen MR) is 110 cm³/mol. The molecule has 4 rings (SSSR count). The maximum atomic E-state index is 12.7. The normalized spacial score (nSPS) is 16.3. The van der Waals surface area contributed by atoms with E-state index in [9.17, 15) is 18.0 Å². The highest BCUT2D eigenvalue weighted by molar-refractivity contribution is 6.04. The molecule has 2 aromatic carbocycles. The number of ether oxygens (including phenoxy) is 1. The molecule has 1 aliphatic rings. The second-order valence-corrected chi connectivity index (χ2v) is 7.31. The summed E-state index contributed by atoms with van der Waals surface area (Å²) >= 11 is 0. The van der Waals surface area contributed by atoms with Gasteiger partial charge in [-0.05, 0) is 61.5 Å². The number of halogens is 3. The van der Waals surface area contributed by atoms with Gasteiger partial charge in [0.15, 0.2) is 0 Å². The van der Waals surface area contributed by atoms with E-state index in [1.165, 1.54) is 0 Å². The van der Waals surface area contributed by atoms with Crippen LogP contribution in [0, 0.1) is 0 Å². The number of amides is 1. The van der Waals surface area contributed by atoms with Crippen LogP contribution in [0.25, 0.3) is 11.3 Å². The summed E-state index contributed by atoms with van der Waals surface area (Å²) in [5.41, 5.74) is 1.40. The molecule has 9 heteroatoms. The van der Waals surface area contributed by atoms with Crippen LogP contribution >= 0.6 is 0 Å². The molecule has 0 unspecified atom stereocenters. The van der Waals surface area contributed by atoms with E-state index in [4.69, 9.17) is 4.74 Å². The third kappa shape index (κ3) is 4.72. The Labute approximate surface area is 177 Å². The maximum Gasteiger partial charge on any atom is 0.416 e. The largest absolute Gasteiger partial charge is 0.488 e. The molecule has 0 aliphatic carbocycles. The maximum absolute atomic E-state index is 12.7. The molecule has 1 saturated heterocycles. The van der Waals surface area contributed by atoms with Crippen molar-refractivity contribution in [2.75, 3.05) is 18.4 Å². The van der Waals surface area contributed by atoms with Gasteiger partial charge in [-0.25, -0.2) is 0 Å². The van der Waals surface area contributed by atoms with Crippen molar-refractivity contribution in [1.29, 1.82) is 0 Å². The number of alkyl halides is 3. The Kier molecular flexibility index (Phi) is 5.69. The van der Waals surface area contributed by atoms with Gasteiger partial charge >= 0.3 is 6.18 Å². The first-order valence-electron chi connectivity index (χ1n) is 9.79. The van der Waals surface area contributed by atoms with Gasteiger partial charge in [-0.3, -0.25) is 9.48 Å². The van der Waals surface area contributed by atoms with E-state index >= 15 is 0 Å². The lowest BCUT2D eigenvalue weighted by Gasteiger charge is -2.17. The van der Waals surface area contributed by atoms with Crippen LogP contribution in [0.3, 0.4) is 0 Å². The topological polar surface area (TPSA) is 68.2 Å². The number of anilines is 1. The number of rotatable bonds is 5. The molecule has 1 aromatic heterocycles. The molecule has 2 N–H and O–H groups in total. The Morgan fingerprint density at radius 2 is 1.97 bits per heavy atom. The van der Waals surface area contributed by atoms with Gasteiger partial charge in [0, 0.05) is 36.6 Å². The van der Waals surface area contributed by atoms with Crippen LogP contribution in [0.2, 0.25) is 0 Å². The number of benzene rings is 2. The van der Waals surface area contributed by atoms with E-state index in [0.717, 1.165) is 55.0 Å². The molecule has 1 atom stereocenters. The molecule has 2 heterocycles.